The molecule has 1 saturated carbocycles. The molecule has 1 fully saturated rings. The lowest BCUT2D eigenvalue weighted by Crippen LogP contribution is -2.37. The first kappa shape index (κ1) is 17.7. The van der Waals surface area contributed by atoms with Crippen molar-refractivity contribution in [3.8, 4) is 0 Å². The molecule has 1 amide bonds. The molecule has 8 heteroatoms. The molecule has 0 radical (unpaired) electrons. The SMILES string of the molecule is CCS(=O)(=O)c1cc(Cl)cc(CNC(=O)[C@]2(C(=O)O)C[C@H]2C)c1. The molecule has 6 nitrogen and oxygen atoms in total. The fraction of sp³-hybridized carbons (Fsp3) is 0.467. The molecule has 1 aromatic carbocycles. The van der Waals surface area contributed by atoms with E-state index in [0.29, 0.717) is 12.0 Å². The van der Waals surface area contributed by atoms with Crippen molar-refractivity contribution in [2.45, 2.75) is 31.7 Å². The van der Waals surface area contributed by atoms with Crippen LogP contribution in [0.25, 0.3) is 0 Å². The van der Waals surface area contributed by atoms with Gasteiger partial charge in [0.25, 0.3) is 0 Å². The van der Waals surface area contributed by atoms with E-state index in [0.717, 1.165) is 0 Å². The van der Waals surface area contributed by atoms with Crippen LogP contribution in [0, 0.1) is 11.3 Å². The summed E-state index contributed by atoms with van der Waals surface area (Å²) in [7, 11) is -3.41. The number of halogens is 1. The molecule has 0 spiro atoms. The fourth-order valence-electron chi connectivity index (χ4n) is 2.54. The van der Waals surface area contributed by atoms with Crippen molar-refractivity contribution in [1.29, 1.82) is 0 Å². The summed E-state index contributed by atoms with van der Waals surface area (Å²) in [6, 6.07) is 4.34. The standard InChI is InChI=1S/C15H18ClNO5S/c1-3-23(21,22)12-5-10(4-11(16)6-12)8-17-13(18)15(14(19)20)7-9(15)2/h4-6,9H,3,7-8H2,1-2H3,(H,17,18)(H,19,20)/t9-,15+/m1/s1. The molecule has 0 unspecified atom stereocenters. The molecule has 1 aliphatic carbocycles. The van der Waals surface area contributed by atoms with Gasteiger partial charge < -0.3 is 10.4 Å². The lowest BCUT2D eigenvalue weighted by molar-refractivity contribution is -0.149. The normalized spacial score (nSPS) is 23.3. The van der Waals surface area contributed by atoms with Crippen molar-refractivity contribution >= 4 is 33.3 Å². The van der Waals surface area contributed by atoms with E-state index < -0.39 is 27.1 Å². The molecule has 1 aromatic rings. The third-order valence-corrected chi connectivity index (χ3v) is 6.15. The van der Waals surface area contributed by atoms with Crippen molar-refractivity contribution in [1.82, 2.24) is 5.32 Å². The van der Waals surface area contributed by atoms with Crippen molar-refractivity contribution in [2.75, 3.05) is 5.75 Å². The topological polar surface area (TPSA) is 101 Å². The molecule has 2 rings (SSSR count). The predicted molar refractivity (Wildman–Crippen MR) is 84.9 cm³/mol. The maximum Gasteiger partial charge on any atom is 0.319 e. The highest BCUT2D eigenvalue weighted by molar-refractivity contribution is 7.91. The van der Waals surface area contributed by atoms with Crippen LogP contribution < -0.4 is 5.32 Å². The maximum absolute atomic E-state index is 12.1. The number of carboxylic acid groups (broad SMARTS) is 1. The Bertz CT molecular complexity index is 761. The van der Waals surface area contributed by atoms with Crippen LogP contribution in [-0.4, -0.2) is 31.2 Å². The zero-order valence-corrected chi connectivity index (χ0v) is 14.4. The van der Waals surface area contributed by atoms with E-state index >= 15 is 0 Å². The Morgan fingerprint density at radius 1 is 1.39 bits per heavy atom. The minimum absolute atomic E-state index is 0.0212. The van der Waals surface area contributed by atoms with Crippen LogP contribution >= 0.6 is 11.6 Å². The van der Waals surface area contributed by atoms with E-state index in [-0.39, 0.29) is 28.1 Å². The minimum atomic E-state index is -3.41. The molecule has 0 bridgehead atoms. The number of benzene rings is 1. The van der Waals surface area contributed by atoms with Crippen LogP contribution in [0.1, 0.15) is 25.8 Å². The Kier molecular flexibility index (Phi) is 4.73. The molecular weight excluding hydrogens is 342 g/mol. The predicted octanol–water partition coefficient (Wildman–Crippen LogP) is 1.86. The zero-order chi connectivity index (χ0) is 17.4. The van der Waals surface area contributed by atoms with E-state index in [2.05, 4.69) is 5.32 Å². The first-order chi connectivity index (χ1) is 10.6. The van der Waals surface area contributed by atoms with Gasteiger partial charge >= 0.3 is 5.97 Å². The molecule has 2 atom stereocenters. The van der Waals surface area contributed by atoms with E-state index in [1.807, 2.05) is 0 Å². The number of amides is 1. The Hall–Kier alpha value is -1.60. The number of aliphatic carboxylic acids is 1. The highest BCUT2D eigenvalue weighted by atomic mass is 35.5. The van der Waals surface area contributed by atoms with Gasteiger partial charge in [-0.15, -0.1) is 0 Å². The van der Waals surface area contributed by atoms with Crippen LogP contribution in [0.4, 0.5) is 0 Å². The average molecular weight is 360 g/mol. The second kappa shape index (κ2) is 6.13. The first-order valence-electron chi connectivity index (χ1n) is 7.17. The third-order valence-electron chi connectivity index (χ3n) is 4.22. The van der Waals surface area contributed by atoms with E-state index in [4.69, 9.17) is 11.6 Å². The van der Waals surface area contributed by atoms with Gasteiger partial charge in [-0.25, -0.2) is 8.42 Å². The van der Waals surface area contributed by atoms with Gasteiger partial charge in [0.05, 0.1) is 10.6 Å². The summed E-state index contributed by atoms with van der Waals surface area (Å²) in [4.78, 5) is 23.5. The van der Waals surface area contributed by atoms with Gasteiger partial charge in [0.1, 0.15) is 5.41 Å². The lowest BCUT2D eigenvalue weighted by atomic mass is 10.0. The number of nitrogens with one attached hydrogen (secondary N) is 1. The second-order valence-corrected chi connectivity index (χ2v) is 8.48. The highest BCUT2D eigenvalue weighted by Crippen LogP contribution is 2.52. The van der Waals surface area contributed by atoms with Gasteiger partial charge in [0.2, 0.25) is 5.91 Å². The number of hydrogen-bond acceptors (Lipinski definition) is 4. The van der Waals surface area contributed by atoms with Crippen molar-refractivity contribution in [3.05, 3.63) is 28.8 Å². The molecule has 2 N–H and O–H groups in total. The zero-order valence-electron chi connectivity index (χ0n) is 12.8. The number of sulfone groups is 1. The number of hydrogen-bond donors (Lipinski definition) is 2. The van der Waals surface area contributed by atoms with Crippen LogP contribution in [0.5, 0.6) is 0 Å². The van der Waals surface area contributed by atoms with Gasteiger partial charge in [-0.1, -0.05) is 25.4 Å². The van der Waals surface area contributed by atoms with Gasteiger partial charge in [-0.2, -0.15) is 0 Å². The van der Waals surface area contributed by atoms with Gasteiger partial charge in [0, 0.05) is 11.6 Å². The van der Waals surface area contributed by atoms with Crippen LogP contribution in [-0.2, 0) is 26.0 Å². The third kappa shape index (κ3) is 3.35. The summed E-state index contributed by atoms with van der Waals surface area (Å²) in [5.74, 6) is -1.96. The minimum Gasteiger partial charge on any atom is -0.480 e. The Labute approximate surface area is 139 Å². The van der Waals surface area contributed by atoms with Crippen LogP contribution in [0.2, 0.25) is 5.02 Å². The molecule has 0 aliphatic heterocycles. The number of carbonyl (C=O) groups is 2. The van der Waals surface area contributed by atoms with Crippen molar-refractivity contribution < 1.29 is 23.1 Å². The van der Waals surface area contributed by atoms with Crippen LogP contribution in [0.15, 0.2) is 23.1 Å². The second-order valence-electron chi connectivity index (χ2n) is 5.76. The summed E-state index contributed by atoms with van der Waals surface area (Å²) in [6.45, 7) is 3.26. The molecule has 1 aliphatic rings. The summed E-state index contributed by atoms with van der Waals surface area (Å²) in [5, 5.41) is 12.0. The fourth-order valence-corrected chi connectivity index (χ4v) is 3.84. The number of rotatable bonds is 6. The monoisotopic (exact) mass is 359 g/mol. The molecule has 126 valence electrons. The molecule has 0 saturated heterocycles. The van der Waals surface area contributed by atoms with Gasteiger partial charge in [-0.3, -0.25) is 9.59 Å². The maximum atomic E-state index is 12.1. The van der Waals surface area contributed by atoms with Gasteiger partial charge in [-0.05, 0) is 36.1 Å². The smallest absolute Gasteiger partial charge is 0.319 e. The summed E-state index contributed by atoms with van der Waals surface area (Å²) >= 11 is 5.93. The van der Waals surface area contributed by atoms with Crippen molar-refractivity contribution in [2.24, 2.45) is 11.3 Å². The molecule has 23 heavy (non-hydrogen) atoms. The largest absolute Gasteiger partial charge is 0.480 e. The molecule has 0 aromatic heterocycles. The summed E-state index contributed by atoms with van der Waals surface area (Å²) < 4.78 is 23.8. The first-order valence-corrected chi connectivity index (χ1v) is 9.20. The Morgan fingerprint density at radius 2 is 2.00 bits per heavy atom. The molecular formula is C15H18ClNO5S. The van der Waals surface area contributed by atoms with Crippen molar-refractivity contribution in [3.63, 3.8) is 0 Å². The lowest BCUT2D eigenvalue weighted by Gasteiger charge is -2.13. The molecule has 0 heterocycles. The van der Waals surface area contributed by atoms with Gasteiger partial charge in [0.15, 0.2) is 9.84 Å². The highest BCUT2D eigenvalue weighted by Gasteiger charge is 2.63. The van der Waals surface area contributed by atoms with Crippen LogP contribution in [0.3, 0.4) is 0 Å². The summed E-state index contributed by atoms with van der Waals surface area (Å²) in [6.07, 6.45) is 0.305. The average Bonchev–Trinajstić information content (AvgIpc) is 3.17. The van der Waals surface area contributed by atoms with E-state index in [1.54, 1.807) is 13.0 Å². The van der Waals surface area contributed by atoms with E-state index in [1.165, 1.54) is 19.1 Å². The summed E-state index contributed by atoms with van der Waals surface area (Å²) in [5.41, 5.74) is -0.858. The Morgan fingerprint density at radius 3 is 2.48 bits per heavy atom. The quantitative estimate of drug-likeness (QED) is 0.755. The van der Waals surface area contributed by atoms with E-state index in [9.17, 15) is 23.1 Å². The Balaban J connectivity index is 2.16. The number of carbonyl (C=O) groups excluding carboxylic acids is 1. The number of carboxylic acids is 1.